The minimum absolute atomic E-state index is 0.00760. The Hall–Kier alpha value is -2.39. The molecular weight excluding hydrogens is 352 g/mol. The molecule has 2 unspecified atom stereocenters. The summed E-state index contributed by atoms with van der Waals surface area (Å²) in [7, 11) is 0. The highest BCUT2D eigenvalue weighted by Gasteiger charge is 2.43. The van der Waals surface area contributed by atoms with Crippen LogP contribution in [0.15, 0.2) is 24.3 Å². The SMILES string of the molecule is Cc1cccc(CN2CCC(C#N)(NC(=O)C(C(N)=O)C3CCCCC3)C2)c1. The van der Waals surface area contributed by atoms with Crippen LogP contribution in [0.1, 0.15) is 49.7 Å². The third-order valence-electron chi connectivity index (χ3n) is 6.12. The summed E-state index contributed by atoms with van der Waals surface area (Å²) in [6.07, 6.45) is 5.43. The number of amides is 2. The maximum Gasteiger partial charge on any atom is 0.234 e. The lowest BCUT2D eigenvalue weighted by Crippen LogP contribution is -2.54. The third-order valence-corrected chi connectivity index (χ3v) is 6.12. The van der Waals surface area contributed by atoms with Gasteiger partial charge in [-0.1, -0.05) is 49.1 Å². The molecule has 0 spiro atoms. The Morgan fingerprint density at radius 1 is 1.36 bits per heavy atom. The quantitative estimate of drug-likeness (QED) is 0.737. The van der Waals surface area contributed by atoms with E-state index in [4.69, 9.17) is 5.73 Å². The van der Waals surface area contributed by atoms with Crippen molar-refractivity contribution in [3.63, 3.8) is 0 Å². The molecule has 1 saturated heterocycles. The van der Waals surface area contributed by atoms with Gasteiger partial charge in [0.05, 0.1) is 6.07 Å². The summed E-state index contributed by atoms with van der Waals surface area (Å²) in [5.41, 5.74) is 7.02. The molecule has 0 radical (unpaired) electrons. The third kappa shape index (κ3) is 4.71. The van der Waals surface area contributed by atoms with Crippen LogP contribution >= 0.6 is 0 Å². The summed E-state index contributed by atoms with van der Waals surface area (Å²) in [5, 5.41) is 12.7. The van der Waals surface area contributed by atoms with Crippen LogP contribution in [0.2, 0.25) is 0 Å². The first kappa shape index (κ1) is 20.3. The van der Waals surface area contributed by atoms with Gasteiger partial charge in [0, 0.05) is 19.6 Å². The minimum atomic E-state index is -0.955. The van der Waals surface area contributed by atoms with E-state index in [2.05, 4.69) is 41.4 Å². The number of hydrogen-bond acceptors (Lipinski definition) is 4. The van der Waals surface area contributed by atoms with Crippen molar-refractivity contribution in [2.45, 2.75) is 57.5 Å². The lowest BCUT2D eigenvalue weighted by Gasteiger charge is -2.30. The maximum atomic E-state index is 12.9. The van der Waals surface area contributed by atoms with Crippen molar-refractivity contribution in [2.24, 2.45) is 17.6 Å². The maximum absolute atomic E-state index is 12.9. The van der Waals surface area contributed by atoms with Gasteiger partial charge in [-0.25, -0.2) is 0 Å². The molecule has 1 aromatic rings. The summed E-state index contributed by atoms with van der Waals surface area (Å²) >= 11 is 0. The highest BCUT2D eigenvalue weighted by atomic mass is 16.2. The molecular formula is C22H30N4O2. The Bertz CT molecular complexity index is 766. The Morgan fingerprint density at radius 3 is 2.75 bits per heavy atom. The summed E-state index contributed by atoms with van der Waals surface area (Å²) in [6.45, 7) is 3.98. The van der Waals surface area contributed by atoms with E-state index in [1.54, 1.807) is 0 Å². The molecule has 2 aliphatic rings. The van der Waals surface area contributed by atoms with Gasteiger partial charge in [0.2, 0.25) is 11.8 Å². The lowest BCUT2D eigenvalue weighted by molar-refractivity contribution is -0.137. The van der Waals surface area contributed by atoms with E-state index in [1.165, 1.54) is 11.1 Å². The molecule has 1 aromatic carbocycles. The second kappa shape index (κ2) is 8.74. The summed E-state index contributed by atoms with van der Waals surface area (Å²) in [4.78, 5) is 27.1. The Balaban J connectivity index is 1.66. The first-order valence-electron chi connectivity index (χ1n) is 10.2. The number of nitrogens with zero attached hydrogens (tertiary/aromatic N) is 2. The van der Waals surface area contributed by atoms with Crippen LogP contribution in [0.25, 0.3) is 0 Å². The Morgan fingerprint density at radius 2 is 2.11 bits per heavy atom. The number of likely N-dealkylation sites (tertiary alicyclic amines) is 1. The van der Waals surface area contributed by atoms with Gasteiger partial charge >= 0.3 is 0 Å². The molecule has 0 aromatic heterocycles. The van der Waals surface area contributed by atoms with Crippen LogP contribution in [0.4, 0.5) is 0 Å². The van der Waals surface area contributed by atoms with E-state index in [0.29, 0.717) is 13.0 Å². The predicted molar refractivity (Wildman–Crippen MR) is 107 cm³/mol. The van der Waals surface area contributed by atoms with Crippen molar-refractivity contribution in [2.75, 3.05) is 13.1 Å². The molecule has 150 valence electrons. The number of nitrogens with two attached hydrogens (primary N) is 1. The van der Waals surface area contributed by atoms with E-state index in [9.17, 15) is 14.9 Å². The average Bonchev–Trinajstić information content (AvgIpc) is 3.05. The van der Waals surface area contributed by atoms with Gasteiger partial charge in [-0.15, -0.1) is 0 Å². The van der Waals surface area contributed by atoms with Crippen LogP contribution in [-0.2, 0) is 16.1 Å². The zero-order valence-electron chi connectivity index (χ0n) is 16.6. The summed E-state index contributed by atoms with van der Waals surface area (Å²) < 4.78 is 0. The number of rotatable bonds is 6. The Labute approximate surface area is 167 Å². The molecule has 6 heteroatoms. The molecule has 6 nitrogen and oxygen atoms in total. The topological polar surface area (TPSA) is 99.2 Å². The molecule has 28 heavy (non-hydrogen) atoms. The van der Waals surface area contributed by atoms with Crippen LogP contribution in [-0.4, -0.2) is 35.3 Å². The van der Waals surface area contributed by atoms with Crippen LogP contribution in [0, 0.1) is 30.1 Å². The highest BCUT2D eigenvalue weighted by Crippen LogP contribution is 2.31. The average molecular weight is 383 g/mol. The van der Waals surface area contributed by atoms with E-state index in [0.717, 1.165) is 45.2 Å². The van der Waals surface area contributed by atoms with Gasteiger partial charge in [0.25, 0.3) is 0 Å². The van der Waals surface area contributed by atoms with E-state index in [1.807, 2.05) is 6.07 Å². The van der Waals surface area contributed by atoms with Gasteiger partial charge in [0.1, 0.15) is 11.5 Å². The number of primary amides is 1. The molecule has 1 aliphatic carbocycles. The van der Waals surface area contributed by atoms with Crippen molar-refractivity contribution in [1.29, 1.82) is 5.26 Å². The predicted octanol–water partition coefficient (Wildman–Crippen LogP) is 2.26. The van der Waals surface area contributed by atoms with Gasteiger partial charge in [-0.05, 0) is 37.7 Å². The summed E-state index contributed by atoms with van der Waals surface area (Å²) in [5.74, 6) is -1.80. The van der Waals surface area contributed by atoms with Crippen molar-refractivity contribution in [3.8, 4) is 6.07 Å². The van der Waals surface area contributed by atoms with Gasteiger partial charge in [-0.2, -0.15) is 5.26 Å². The first-order valence-corrected chi connectivity index (χ1v) is 10.2. The molecule has 2 atom stereocenters. The normalized spacial score (nSPS) is 24.4. The lowest BCUT2D eigenvalue weighted by atomic mass is 9.78. The number of nitriles is 1. The number of carbonyl (C=O) groups excluding carboxylic acids is 2. The largest absolute Gasteiger partial charge is 0.369 e. The molecule has 0 bridgehead atoms. The van der Waals surface area contributed by atoms with Crippen LogP contribution in [0.5, 0.6) is 0 Å². The van der Waals surface area contributed by atoms with Gasteiger partial charge in [0.15, 0.2) is 0 Å². The highest BCUT2D eigenvalue weighted by molar-refractivity contribution is 6.00. The fourth-order valence-electron chi connectivity index (χ4n) is 4.67. The van der Waals surface area contributed by atoms with Crippen molar-refractivity contribution in [1.82, 2.24) is 10.2 Å². The molecule has 2 fully saturated rings. The van der Waals surface area contributed by atoms with Gasteiger partial charge in [-0.3, -0.25) is 14.5 Å². The molecule has 2 amide bonds. The minimum Gasteiger partial charge on any atom is -0.369 e. The molecule has 3 N–H and O–H groups in total. The first-order chi connectivity index (χ1) is 13.4. The zero-order chi connectivity index (χ0) is 20.1. The zero-order valence-corrected chi connectivity index (χ0v) is 16.6. The van der Waals surface area contributed by atoms with Gasteiger partial charge < -0.3 is 11.1 Å². The fourth-order valence-corrected chi connectivity index (χ4v) is 4.67. The molecule has 1 heterocycles. The van der Waals surface area contributed by atoms with Crippen molar-refractivity contribution < 1.29 is 9.59 Å². The number of carbonyl (C=O) groups is 2. The van der Waals surface area contributed by atoms with E-state index >= 15 is 0 Å². The number of hydrogen-bond donors (Lipinski definition) is 2. The molecule has 3 rings (SSSR count). The van der Waals surface area contributed by atoms with E-state index in [-0.39, 0.29) is 11.8 Å². The number of nitrogens with one attached hydrogen (secondary N) is 1. The second-order valence-electron chi connectivity index (χ2n) is 8.41. The van der Waals surface area contributed by atoms with Crippen LogP contribution < -0.4 is 11.1 Å². The second-order valence-corrected chi connectivity index (χ2v) is 8.41. The monoisotopic (exact) mass is 382 g/mol. The van der Waals surface area contributed by atoms with E-state index < -0.39 is 17.4 Å². The Kier molecular flexibility index (Phi) is 6.35. The van der Waals surface area contributed by atoms with Crippen molar-refractivity contribution in [3.05, 3.63) is 35.4 Å². The smallest absolute Gasteiger partial charge is 0.234 e. The fraction of sp³-hybridized carbons (Fsp3) is 0.591. The number of benzene rings is 1. The standard InChI is InChI=1S/C22H30N4O2/c1-16-6-5-7-17(12-16)13-26-11-10-22(14-23,15-26)25-21(28)19(20(24)27)18-8-3-2-4-9-18/h5-7,12,18-19H,2-4,8-11,13,15H2,1H3,(H2,24,27)(H,25,28). The van der Waals surface area contributed by atoms with Crippen LogP contribution in [0.3, 0.4) is 0 Å². The molecule has 1 saturated carbocycles. The summed E-state index contributed by atoms with van der Waals surface area (Å²) in [6, 6.07) is 10.6. The molecule has 1 aliphatic heterocycles. The number of aryl methyl sites for hydroxylation is 1. The van der Waals surface area contributed by atoms with Crippen molar-refractivity contribution >= 4 is 11.8 Å².